The van der Waals surface area contributed by atoms with E-state index in [-0.39, 0.29) is 0 Å². The largest absolute Gasteiger partial charge is 0.309 e. The molecule has 2 heterocycles. The third-order valence-corrected chi connectivity index (χ3v) is 8.91. The molecule has 206 valence electrons. The van der Waals surface area contributed by atoms with Crippen molar-refractivity contribution in [3.63, 3.8) is 0 Å². The highest BCUT2D eigenvalue weighted by Gasteiger charge is 2.17. The van der Waals surface area contributed by atoms with Gasteiger partial charge in [0.2, 0.25) is 0 Å². The Morgan fingerprint density at radius 1 is 0.535 bits per heavy atom. The number of fused-ring (bicyclic) bond motifs is 6. The molecule has 8 aromatic rings. The fourth-order valence-corrected chi connectivity index (χ4v) is 6.83. The third-order valence-electron chi connectivity index (χ3n) is 8.91. The van der Waals surface area contributed by atoms with Crippen molar-refractivity contribution in [3.05, 3.63) is 151 Å². The first-order valence-electron chi connectivity index (χ1n) is 15.0. The Balaban J connectivity index is 1.39. The highest BCUT2D eigenvalue weighted by Crippen LogP contribution is 2.39. The molecule has 0 aliphatic heterocycles. The Kier molecular flexibility index (Phi) is 5.84. The van der Waals surface area contributed by atoms with E-state index in [0.717, 1.165) is 6.42 Å². The van der Waals surface area contributed by atoms with Gasteiger partial charge in [0.05, 0.1) is 22.1 Å². The second-order valence-corrected chi connectivity index (χ2v) is 11.5. The summed E-state index contributed by atoms with van der Waals surface area (Å²) in [6, 6.07) is 46.7. The van der Waals surface area contributed by atoms with Gasteiger partial charge in [0.15, 0.2) is 0 Å². The predicted octanol–water partition coefficient (Wildman–Crippen LogP) is 11.1. The van der Waals surface area contributed by atoms with Crippen LogP contribution in [0, 0.1) is 6.92 Å². The molecule has 0 spiro atoms. The Bertz CT molecular complexity index is 2330. The van der Waals surface area contributed by atoms with Crippen molar-refractivity contribution in [3.8, 4) is 22.5 Å². The highest BCUT2D eigenvalue weighted by atomic mass is 15.0. The summed E-state index contributed by atoms with van der Waals surface area (Å²) in [5, 5.41) is 5.06. The number of para-hydroxylation sites is 2. The lowest BCUT2D eigenvalue weighted by Gasteiger charge is -2.10. The van der Waals surface area contributed by atoms with Gasteiger partial charge in [0.1, 0.15) is 0 Å². The van der Waals surface area contributed by atoms with Crippen LogP contribution in [0.25, 0.3) is 72.2 Å². The van der Waals surface area contributed by atoms with Crippen molar-refractivity contribution in [1.29, 1.82) is 0 Å². The Morgan fingerprint density at radius 3 is 1.56 bits per heavy atom. The van der Waals surface area contributed by atoms with Gasteiger partial charge < -0.3 is 9.13 Å². The van der Waals surface area contributed by atoms with Crippen LogP contribution in [0.4, 0.5) is 0 Å². The topological polar surface area (TPSA) is 9.86 Å². The van der Waals surface area contributed by atoms with E-state index >= 15 is 0 Å². The van der Waals surface area contributed by atoms with E-state index in [1.807, 2.05) is 6.08 Å². The fourth-order valence-electron chi connectivity index (χ4n) is 6.83. The lowest BCUT2D eigenvalue weighted by Crippen LogP contribution is -1.95. The minimum absolute atomic E-state index is 0.967. The number of benzene rings is 6. The van der Waals surface area contributed by atoms with Crippen molar-refractivity contribution >= 4 is 49.7 Å². The maximum absolute atomic E-state index is 4.13. The monoisotopic (exact) mass is 552 g/mol. The molecule has 0 bridgehead atoms. The molecule has 0 fully saturated rings. The molecule has 0 aliphatic rings. The molecule has 0 unspecified atom stereocenters. The number of rotatable bonds is 5. The van der Waals surface area contributed by atoms with E-state index in [2.05, 4.69) is 157 Å². The van der Waals surface area contributed by atoms with E-state index in [9.17, 15) is 0 Å². The number of aryl methyl sites for hydroxylation is 2. The third kappa shape index (κ3) is 3.94. The average molecular weight is 553 g/mol. The molecule has 0 aliphatic carbocycles. The summed E-state index contributed by atoms with van der Waals surface area (Å²) in [5.41, 5.74) is 13.5. The molecule has 0 amide bonds. The van der Waals surface area contributed by atoms with Crippen LogP contribution in [0.2, 0.25) is 0 Å². The van der Waals surface area contributed by atoms with Gasteiger partial charge in [-0.15, -0.1) is 0 Å². The summed E-state index contributed by atoms with van der Waals surface area (Å²) in [6.45, 7) is 8.52. The van der Waals surface area contributed by atoms with Crippen LogP contribution < -0.4 is 0 Å². The summed E-state index contributed by atoms with van der Waals surface area (Å²) in [7, 11) is 0. The molecule has 2 heteroatoms. The maximum atomic E-state index is 4.13. The van der Waals surface area contributed by atoms with Crippen LogP contribution in [-0.2, 0) is 6.42 Å². The summed E-state index contributed by atoms with van der Waals surface area (Å²) in [4.78, 5) is 0. The molecule has 6 aromatic carbocycles. The van der Waals surface area contributed by atoms with Crippen LogP contribution in [0.1, 0.15) is 23.6 Å². The quantitative estimate of drug-likeness (QED) is 0.201. The van der Waals surface area contributed by atoms with Crippen LogP contribution in [0.3, 0.4) is 0 Å². The van der Waals surface area contributed by atoms with Crippen LogP contribution >= 0.6 is 0 Å². The molecule has 8 rings (SSSR count). The van der Waals surface area contributed by atoms with Gasteiger partial charge in [-0.2, -0.15) is 0 Å². The van der Waals surface area contributed by atoms with E-state index < -0.39 is 0 Å². The van der Waals surface area contributed by atoms with Crippen molar-refractivity contribution in [2.24, 2.45) is 0 Å². The van der Waals surface area contributed by atoms with Gasteiger partial charge in [-0.1, -0.05) is 79.7 Å². The lowest BCUT2D eigenvalue weighted by atomic mass is 9.98. The Hall–Kier alpha value is -5.34. The van der Waals surface area contributed by atoms with Gasteiger partial charge in [-0.3, -0.25) is 0 Å². The van der Waals surface area contributed by atoms with E-state index in [1.165, 1.54) is 82.8 Å². The highest BCUT2D eigenvalue weighted by molar-refractivity contribution is 6.13. The molecule has 43 heavy (non-hydrogen) atoms. The molecule has 2 aromatic heterocycles. The summed E-state index contributed by atoms with van der Waals surface area (Å²) >= 11 is 0. The molecular weight excluding hydrogens is 520 g/mol. The van der Waals surface area contributed by atoms with Crippen molar-refractivity contribution in [2.75, 3.05) is 0 Å². The summed E-state index contributed by atoms with van der Waals surface area (Å²) in [5.74, 6) is 0. The molecular formula is C41H32N2. The van der Waals surface area contributed by atoms with Gasteiger partial charge in [0.25, 0.3) is 0 Å². The number of nitrogens with zero attached hydrogens (tertiary/aromatic N) is 2. The van der Waals surface area contributed by atoms with Crippen molar-refractivity contribution < 1.29 is 0 Å². The molecule has 0 saturated carbocycles. The molecule has 2 nitrogen and oxygen atoms in total. The molecule has 0 radical (unpaired) electrons. The molecule has 0 N–H and O–H groups in total. The maximum Gasteiger partial charge on any atom is 0.0544 e. The minimum atomic E-state index is 0.967. The Labute approximate surface area is 251 Å². The van der Waals surface area contributed by atoms with E-state index in [1.54, 1.807) is 0 Å². The zero-order valence-electron chi connectivity index (χ0n) is 24.5. The molecule has 0 atom stereocenters. The second-order valence-electron chi connectivity index (χ2n) is 11.5. The van der Waals surface area contributed by atoms with Gasteiger partial charge >= 0.3 is 0 Å². The standard InChI is InChI=1S/C41H32N2/c1-4-28-23-37-36-25-31(18-21-40(36)43(33-14-10-7-11-15-33)41(37)26-29(28)5-2)30-17-20-39-35(24-30)34-22-27(3)16-19-38(34)42(39)32-12-8-6-9-13-32/h4,6-26H,1,5H2,2-3H3. The van der Waals surface area contributed by atoms with Gasteiger partial charge in [-0.05, 0) is 108 Å². The first-order chi connectivity index (χ1) is 21.1. The van der Waals surface area contributed by atoms with Gasteiger partial charge in [-0.25, -0.2) is 0 Å². The minimum Gasteiger partial charge on any atom is -0.309 e. The van der Waals surface area contributed by atoms with Crippen LogP contribution in [0.5, 0.6) is 0 Å². The van der Waals surface area contributed by atoms with E-state index in [0.29, 0.717) is 0 Å². The van der Waals surface area contributed by atoms with E-state index in [4.69, 9.17) is 0 Å². The molecule has 0 saturated heterocycles. The second kappa shape index (κ2) is 9.89. The van der Waals surface area contributed by atoms with Crippen LogP contribution in [-0.4, -0.2) is 9.13 Å². The van der Waals surface area contributed by atoms with Crippen LogP contribution in [0.15, 0.2) is 134 Å². The first kappa shape index (κ1) is 25.4. The zero-order chi connectivity index (χ0) is 29.1. The normalized spacial score (nSPS) is 11.7. The zero-order valence-corrected chi connectivity index (χ0v) is 24.5. The van der Waals surface area contributed by atoms with Crippen molar-refractivity contribution in [1.82, 2.24) is 9.13 Å². The SMILES string of the molecule is C=Cc1cc2c3cc(-c4ccc5c(c4)c4cc(C)ccc4n5-c4ccccc4)ccc3n(-c3ccccc3)c2cc1CC. The fraction of sp³-hybridized carbons (Fsp3) is 0.0732. The van der Waals surface area contributed by atoms with Gasteiger partial charge in [0, 0.05) is 32.9 Å². The average Bonchev–Trinajstić information content (AvgIpc) is 3.55. The predicted molar refractivity (Wildman–Crippen MR) is 185 cm³/mol. The first-order valence-corrected chi connectivity index (χ1v) is 15.0. The Morgan fingerprint density at radius 2 is 1.02 bits per heavy atom. The smallest absolute Gasteiger partial charge is 0.0544 e. The number of aromatic nitrogens is 2. The number of hydrogen-bond acceptors (Lipinski definition) is 0. The number of hydrogen-bond donors (Lipinski definition) is 0. The van der Waals surface area contributed by atoms with Crippen molar-refractivity contribution in [2.45, 2.75) is 20.3 Å². The summed E-state index contributed by atoms with van der Waals surface area (Å²) < 4.78 is 4.78. The summed E-state index contributed by atoms with van der Waals surface area (Å²) in [6.07, 6.45) is 2.96. The lowest BCUT2D eigenvalue weighted by molar-refractivity contribution is 1.12.